The van der Waals surface area contributed by atoms with Gasteiger partial charge in [-0.2, -0.15) is 8.42 Å². The van der Waals surface area contributed by atoms with Crippen LogP contribution >= 0.6 is 22.6 Å². The number of carbonyl (C=O) groups is 3. The molecule has 11 heteroatoms. The molecule has 0 aromatic heterocycles. The van der Waals surface area contributed by atoms with Crippen LogP contribution < -0.4 is 0 Å². The Balaban J connectivity index is 1.49. The van der Waals surface area contributed by atoms with Gasteiger partial charge >= 0.3 is 17.9 Å². The number of hydrogen-bond donors (Lipinski definition) is 1. The molecule has 2 aliphatic carbocycles. The van der Waals surface area contributed by atoms with Gasteiger partial charge in [-0.25, -0.2) is 4.79 Å². The highest BCUT2D eigenvalue weighted by atomic mass is 127. The Labute approximate surface area is 180 Å². The molecule has 156 valence electrons. The average molecular weight is 536 g/mol. The van der Waals surface area contributed by atoms with Gasteiger partial charge in [-0.15, -0.1) is 0 Å². The van der Waals surface area contributed by atoms with Crippen molar-refractivity contribution < 1.29 is 41.6 Å². The minimum atomic E-state index is -4.27. The van der Waals surface area contributed by atoms with Gasteiger partial charge in [0.15, 0.2) is 0 Å². The summed E-state index contributed by atoms with van der Waals surface area (Å²) in [6.07, 6.45) is -0.884. The summed E-state index contributed by atoms with van der Waals surface area (Å²) in [6.45, 7) is -0.524. The van der Waals surface area contributed by atoms with Gasteiger partial charge in [0.25, 0.3) is 10.1 Å². The topological polar surface area (TPSA) is 133 Å². The standard InChI is InChI=1S/C18H17IO9S/c19-9-3-1-8(2-4-9)16(20)27-14-10-7-11-13(18(22)28-15(11)14)12(10)17(21)26-5-6-29(23,24)25/h1-4,10-15H,5-7H2,(H,23,24,25). The second-order valence-corrected chi connectivity index (χ2v) is 10.2. The molecule has 29 heavy (non-hydrogen) atoms. The Hall–Kier alpha value is -1.73. The number of hydrogen-bond acceptors (Lipinski definition) is 8. The molecule has 3 aliphatic rings. The molecule has 4 rings (SSSR count). The zero-order valence-corrected chi connectivity index (χ0v) is 17.9. The van der Waals surface area contributed by atoms with Gasteiger partial charge in [0, 0.05) is 15.4 Å². The Morgan fingerprint density at radius 2 is 1.90 bits per heavy atom. The van der Waals surface area contributed by atoms with E-state index in [2.05, 4.69) is 22.6 Å². The van der Waals surface area contributed by atoms with Crippen LogP contribution in [0.15, 0.2) is 24.3 Å². The molecule has 6 unspecified atom stereocenters. The molecule has 3 fully saturated rings. The lowest BCUT2D eigenvalue weighted by Crippen LogP contribution is -2.44. The maximum Gasteiger partial charge on any atom is 0.338 e. The van der Waals surface area contributed by atoms with E-state index in [0.29, 0.717) is 12.0 Å². The third-order valence-corrected chi connectivity index (χ3v) is 7.13. The normalized spacial score (nSPS) is 32.1. The number of carbonyl (C=O) groups excluding carboxylic acids is 3. The van der Waals surface area contributed by atoms with Crippen LogP contribution in [0.2, 0.25) is 0 Å². The summed E-state index contributed by atoms with van der Waals surface area (Å²) in [6, 6.07) is 6.78. The van der Waals surface area contributed by atoms with E-state index >= 15 is 0 Å². The minimum Gasteiger partial charge on any atom is -0.464 e. The van der Waals surface area contributed by atoms with E-state index in [9.17, 15) is 22.8 Å². The summed E-state index contributed by atoms with van der Waals surface area (Å²) in [5.41, 5.74) is 0.348. The summed E-state index contributed by atoms with van der Waals surface area (Å²) in [5.74, 6) is -4.85. The first-order chi connectivity index (χ1) is 13.7. The fourth-order valence-electron chi connectivity index (χ4n) is 4.59. The van der Waals surface area contributed by atoms with Crippen LogP contribution in [0, 0.1) is 27.2 Å². The van der Waals surface area contributed by atoms with Crippen LogP contribution in [0.1, 0.15) is 16.8 Å². The molecule has 2 bridgehead atoms. The Morgan fingerprint density at radius 3 is 2.55 bits per heavy atom. The first-order valence-electron chi connectivity index (χ1n) is 8.94. The summed E-state index contributed by atoms with van der Waals surface area (Å²) in [7, 11) is -4.27. The van der Waals surface area contributed by atoms with E-state index in [1.165, 1.54) is 0 Å². The van der Waals surface area contributed by atoms with Crippen molar-refractivity contribution in [1.82, 2.24) is 0 Å². The van der Waals surface area contributed by atoms with Crippen molar-refractivity contribution in [2.75, 3.05) is 12.4 Å². The summed E-state index contributed by atoms with van der Waals surface area (Å²) < 4.78 is 47.3. The van der Waals surface area contributed by atoms with E-state index in [-0.39, 0.29) is 5.92 Å². The number of halogens is 1. The molecule has 1 heterocycles. The van der Waals surface area contributed by atoms with Crippen LogP contribution in [-0.4, -0.2) is 55.4 Å². The van der Waals surface area contributed by atoms with Crippen molar-refractivity contribution in [1.29, 1.82) is 0 Å². The Morgan fingerprint density at radius 1 is 1.21 bits per heavy atom. The molecule has 0 amide bonds. The van der Waals surface area contributed by atoms with Gasteiger partial charge in [0.2, 0.25) is 0 Å². The fourth-order valence-corrected chi connectivity index (χ4v) is 5.24. The van der Waals surface area contributed by atoms with Crippen LogP contribution in [0.5, 0.6) is 0 Å². The van der Waals surface area contributed by atoms with Crippen molar-refractivity contribution >= 4 is 50.6 Å². The highest BCUT2D eigenvalue weighted by molar-refractivity contribution is 14.1. The second kappa shape index (κ2) is 7.51. The lowest BCUT2D eigenvalue weighted by molar-refractivity contribution is -0.155. The zero-order chi connectivity index (χ0) is 20.9. The van der Waals surface area contributed by atoms with Crippen LogP contribution in [0.4, 0.5) is 0 Å². The molecule has 1 N–H and O–H groups in total. The second-order valence-electron chi connectivity index (χ2n) is 7.35. The molecule has 1 aromatic rings. The molecule has 1 saturated heterocycles. The van der Waals surface area contributed by atoms with Crippen molar-refractivity contribution in [3.05, 3.63) is 33.4 Å². The number of fused-ring (bicyclic) bond motifs is 1. The minimum absolute atomic E-state index is 0.249. The predicted molar refractivity (Wildman–Crippen MR) is 104 cm³/mol. The summed E-state index contributed by atoms with van der Waals surface area (Å²) in [5, 5.41) is 0. The third-order valence-electron chi connectivity index (χ3n) is 5.73. The lowest BCUT2D eigenvalue weighted by Gasteiger charge is -2.30. The molecule has 0 radical (unpaired) electrons. The lowest BCUT2D eigenvalue weighted by atomic mass is 9.78. The van der Waals surface area contributed by atoms with E-state index in [1.54, 1.807) is 24.3 Å². The maximum absolute atomic E-state index is 12.5. The molecule has 2 saturated carbocycles. The number of ether oxygens (including phenoxy) is 3. The van der Waals surface area contributed by atoms with Crippen molar-refractivity contribution in [2.45, 2.75) is 18.6 Å². The largest absolute Gasteiger partial charge is 0.464 e. The van der Waals surface area contributed by atoms with Gasteiger partial charge in [-0.05, 0) is 53.3 Å². The first kappa shape index (κ1) is 20.5. The number of benzene rings is 1. The van der Waals surface area contributed by atoms with Crippen molar-refractivity contribution in [3.8, 4) is 0 Å². The van der Waals surface area contributed by atoms with E-state index in [4.69, 9.17) is 18.8 Å². The molecular weight excluding hydrogens is 519 g/mol. The Bertz CT molecular complexity index is 958. The van der Waals surface area contributed by atoms with Gasteiger partial charge in [-0.3, -0.25) is 14.1 Å². The van der Waals surface area contributed by atoms with Gasteiger partial charge in [0.05, 0.1) is 17.4 Å². The molecular formula is C18H17IO9S. The third kappa shape index (κ3) is 3.87. The maximum atomic E-state index is 12.5. The number of esters is 3. The molecule has 9 nitrogen and oxygen atoms in total. The SMILES string of the molecule is O=C(OC1C2CC3C1OC(=O)C3C2C(=O)OCCS(=O)(=O)O)c1ccc(I)cc1. The van der Waals surface area contributed by atoms with Crippen LogP contribution in [-0.2, 0) is 33.9 Å². The van der Waals surface area contributed by atoms with E-state index in [0.717, 1.165) is 3.57 Å². The average Bonchev–Trinajstić information content (AvgIpc) is 3.24. The quantitative estimate of drug-likeness (QED) is 0.245. The molecule has 1 aliphatic heterocycles. The van der Waals surface area contributed by atoms with Gasteiger partial charge in [0.1, 0.15) is 24.6 Å². The Kier molecular flexibility index (Phi) is 5.32. The van der Waals surface area contributed by atoms with E-state index < -0.39 is 70.3 Å². The zero-order valence-electron chi connectivity index (χ0n) is 14.9. The highest BCUT2D eigenvalue weighted by Gasteiger charge is 2.70. The van der Waals surface area contributed by atoms with Crippen LogP contribution in [0.3, 0.4) is 0 Å². The first-order valence-corrected chi connectivity index (χ1v) is 11.6. The molecule has 6 atom stereocenters. The fraction of sp³-hybridized carbons (Fsp3) is 0.500. The summed E-state index contributed by atoms with van der Waals surface area (Å²) in [4.78, 5) is 37.3. The van der Waals surface area contributed by atoms with Crippen LogP contribution in [0.25, 0.3) is 0 Å². The summed E-state index contributed by atoms with van der Waals surface area (Å²) >= 11 is 2.11. The van der Waals surface area contributed by atoms with E-state index in [1.807, 2.05) is 0 Å². The monoisotopic (exact) mass is 536 g/mol. The van der Waals surface area contributed by atoms with Crippen molar-refractivity contribution in [3.63, 3.8) is 0 Å². The highest BCUT2D eigenvalue weighted by Crippen LogP contribution is 2.59. The van der Waals surface area contributed by atoms with Gasteiger partial charge in [-0.1, -0.05) is 0 Å². The molecule has 0 spiro atoms. The van der Waals surface area contributed by atoms with Gasteiger partial charge < -0.3 is 14.2 Å². The number of rotatable bonds is 6. The smallest absolute Gasteiger partial charge is 0.338 e. The molecule has 1 aromatic carbocycles. The van der Waals surface area contributed by atoms with Crippen molar-refractivity contribution in [2.24, 2.45) is 23.7 Å². The predicted octanol–water partition coefficient (Wildman–Crippen LogP) is 1.06.